The van der Waals surface area contributed by atoms with Gasteiger partial charge >= 0.3 is 5.97 Å². The number of hydrogen-bond acceptors (Lipinski definition) is 3. The molecular formula is C18H23NO3. The van der Waals surface area contributed by atoms with Gasteiger partial charge in [-0.15, -0.1) is 0 Å². The Hall–Kier alpha value is -1.81. The van der Waals surface area contributed by atoms with Crippen molar-refractivity contribution >= 4 is 16.9 Å². The highest BCUT2D eigenvalue weighted by Gasteiger charge is 2.21. The lowest BCUT2D eigenvalue weighted by Gasteiger charge is -2.16. The summed E-state index contributed by atoms with van der Waals surface area (Å²) in [5.41, 5.74) is 3.81. The molecule has 2 aromatic rings. The maximum atomic E-state index is 11.3. The van der Waals surface area contributed by atoms with Gasteiger partial charge in [0.05, 0.1) is 0 Å². The summed E-state index contributed by atoms with van der Waals surface area (Å²) in [6.45, 7) is 9.31. The Morgan fingerprint density at radius 2 is 2.00 bits per heavy atom. The molecule has 1 fully saturated rings. The van der Waals surface area contributed by atoms with E-state index < -0.39 is 5.97 Å². The summed E-state index contributed by atoms with van der Waals surface area (Å²) in [6.07, 6.45) is 2.54. The molecule has 3 rings (SSSR count). The number of benzene rings is 1. The predicted molar refractivity (Wildman–Crippen MR) is 86.5 cm³/mol. The van der Waals surface area contributed by atoms with E-state index in [0.29, 0.717) is 5.92 Å². The smallest absolute Gasteiger partial charge is 0.372 e. The van der Waals surface area contributed by atoms with Gasteiger partial charge in [-0.3, -0.25) is 4.90 Å². The van der Waals surface area contributed by atoms with Gasteiger partial charge in [-0.25, -0.2) is 4.79 Å². The Morgan fingerprint density at radius 1 is 1.32 bits per heavy atom. The van der Waals surface area contributed by atoms with Gasteiger partial charge in [-0.05, 0) is 56.0 Å². The van der Waals surface area contributed by atoms with Crippen LogP contribution < -0.4 is 0 Å². The van der Waals surface area contributed by atoms with Crippen LogP contribution in [0.2, 0.25) is 0 Å². The first kappa shape index (κ1) is 15.1. The topological polar surface area (TPSA) is 53.7 Å². The largest absolute Gasteiger partial charge is 0.475 e. The number of aryl methyl sites for hydroxylation is 1. The van der Waals surface area contributed by atoms with Crippen LogP contribution >= 0.6 is 0 Å². The molecule has 4 nitrogen and oxygen atoms in total. The maximum Gasteiger partial charge on any atom is 0.372 e. The fourth-order valence-electron chi connectivity index (χ4n) is 3.33. The molecule has 0 atom stereocenters. The molecule has 0 amide bonds. The normalized spacial score (nSPS) is 16.0. The lowest BCUT2D eigenvalue weighted by molar-refractivity contribution is 0.0664. The average molecular weight is 301 g/mol. The number of likely N-dealkylation sites (tertiary alicyclic amines) is 1. The number of rotatable bonds is 4. The summed E-state index contributed by atoms with van der Waals surface area (Å²) in [5, 5.41) is 10.2. The number of carboxylic acid groups (broad SMARTS) is 1. The molecule has 0 unspecified atom stereocenters. The van der Waals surface area contributed by atoms with Gasteiger partial charge in [0.25, 0.3) is 0 Å². The minimum absolute atomic E-state index is 0.0650. The third-order valence-corrected chi connectivity index (χ3v) is 4.55. The van der Waals surface area contributed by atoms with E-state index in [4.69, 9.17) is 4.42 Å². The summed E-state index contributed by atoms with van der Waals surface area (Å²) in [7, 11) is 0. The van der Waals surface area contributed by atoms with Gasteiger partial charge in [0.1, 0.15) is 5.58 Å². The second kappa shape index (κ2) is 5.76. The first-order chi connectivity index (χ1) is 10.5. The van der Waals surface area contributed by atoms with Crippen LogP contribution in [0.5, 0.6) is 0 Å². The first-order valence-electron chi connectivity index (χ1n) is 7.99. The van der Waals surface area contributed by atoms with E-state index in [1.165, 1.54) is 18.4 Å². The number of furan rings is 1. The van der Waals surface area contributed by atoms with Gasteiger partial charge in [0.15, 0.2) is 0 Å². The second-order valence-electron chi connectivity index (χ2n) is 6.56. The molecule has 1 saturated heterocycles. The minimum Gasteiger partial charge on any atom is -0.475 e. The average Bonchev–Trinajstić information content (AvgIpc) is 3.07. The van der Waals surface area contributed by atoms with Gasteiger partial charge in [0.2, 0.25) is 5.76 Å². The summed E-state index contributed by atoms with van der Waals surface area (Å²) in [4.78, 5) is 13.8. The molecule has 118 valence electrons. The fourth-order valence-corrected chi connectivity index (χ4v) is 3.33. The van der Waals surface area contributed by atoms with E-state index in [0.717, 1.165) is 41.7 Å². The van der Waals surface area contributed by atoms with Gasteiger partial charge in [0, 0.05) is 17.5 Å². The minimum atomic E-state index is -0.996. The molecule has 0 aliphatic carbocycles. The number of carbonyl (C=O) groups is 1. The van der Waals surface area contributed by atoms with E-state index in [9.17, 15) is 9.90 Å². The predicted octanol–water partition coefficient (Wildman–Crippen LogP) is 4.16. The molecule has 1 aromatic heterocycles. The van der Waals surface area contributed by atoms with Crippen LogP contribution in [0.25, 0.3) is 11.0 Å². The molecule has 0 saturated carbocycles. The molecule has 1 aromatic carbocycles. The third-order valence-electron chi connectivity index (χ3n) is 4.55. The van der Waals surface area contributed by atoms with Crippen molar-refractivity contribution < 1.29 is 14.3 Å². The lowest BCUT2D eigenvalue weighted by Crippen LogP contribution is -2.18. The van der Waals surface area contributed by atoms with E-state index in [-0.39, 0.29) is 5.76 Å². The van der Waals surface area contributed by atoms with Crippen LogP contribution in [0.1, 0.15) is 59.9 Å². The van der Waals surface area contributed by atoms with E-state index in [1.807, 2.05) is 6.92 Å². The standard InChI is InChI=1S/C18H23NO3/c1-11(2)14-8-13(10-19-6-4-5-7-19)9-15-12(3)16(18(20)21)22-17(14)15/h8-9,11H,4-7,10H2,1-3H3,(H,20,21). The molecule has 1 aliphatic heterocycles. The highest BCUT2D eigenvalue weighted by Crippen LogP contribution is 2.33. The van der Waals surface area contributed by atoms with Crippen LogP contribution in [-0.4, -0.2) is 29.1 Å². The summed E-state index contributed by atoms with van der Waals surface area (Å²) in [6, 6.07) is 4.28. The first-order valence-corrected chi connectivity index (χ1v) is 7.99. The Bertz CT molecular complexity index is 709. The highest BCUT2D eigenvalue weighted by molar-refractivity contribution is 5.96. The SMILES string of the molecule is Cc1c(C(=O)O)oc2c(C(C)C)cc(CN3CCCC3)cc12. The highest BCUT2D eigenvalue weighted by atomic mass is 16.4. The van der Waals surface area contributed by atoms with Gasteiger partial charge in [-0.2, -0.15) is 0 Å². The number of nitrogens with zero attached hydrogens (tertiary/aromatic N) is 1. The fraction of sp³-hybridized carbons (Fsp3) is 0.500. The molecule has 0 radical (unpaired) electrons. The quantitative estimate of drug-likeness (QED) is 0.921. The van der Waals surface area contributed by atoms with Crippen LogP contribution in [0.4, 0.5) is 0 Å². The summed E-state index contributed by atoms with van der Waals surface area (Å²) in [5.74, 6) is -0.632. The molecule has 2 heterocycles. The van der Waals surface area contributed by atoms with E-state index >= 15 is 0 Å². The monoisotopic (exact) mass is 301 g/mol. The maximum absolute atomic E-state index is 11.3. The van der Waals surface area contributed by atoms with Crippen molar-refractivity contribution in [2.24, 2.45) is 0 Å². The molecule has 0 spiro atoms. The Labute approximate surface area is 130 Å². The van der Waals surface area contributed by atoms with Crippen molar-refractivity contribution in [2.45, 2.75) is 46.1 Å². The summed E-state index contributed by atoms with van der Waals surface area (Å²) >= 11 is 0. The van der Waals surface area contributed by atoms with Crippen LogP contribution in [-0.2, 0) is 6.54 Å². The number of hydrogen-bond donors (Lipinski definition) is 1. The number of aromatic carboxylic acids is 1. The van der Waals surface area contributed by atoms with Crippen molar-refractivity contribution in [3.8, 4) is 0 Å². The van der Waals surface area contributed by atoms with E-state index in [2.05, 4.69) is 30.9 Å². The van der Waals surface area contributed by atoms with Crippen molar-refractivity contribution in [3.63, 3.8) is 0 Å². The Balaban J connectivity index is 2.10. The van der Waals surface area contributed by atoms with Crippen LogP contribution in [0, 0.1) is 6.92 Å². The van der Waals surface area contributed by atoms with Crippen LogP contribution in [0.3, 0.4) is 0 Å². The molecule has 22 heavy (non-hydrogen) atoms. The zero-order chi connectivity index (χ0) is 15.9. The van der Waals surface area contributed by atoms with E-state index in [1.54, 1.807) is 0 Å². The Morgan fingerprint density at radius 3 is 2.59 bits per heavy atom. The molecule has 1 aliphatic rings. The molecule has 1 N–H and O–H groups in total. The molecule has 4 heteroatoms. The second-order valence-corrected chi connectivity index (χ2v) is 6.56. The van der Waals surface area contributed by atoms with Crippen molar-refractivity contribution in [2.75, 3.05) is 13.1 Å². The van der Waals surface area contributed by atoms with Crippen LogP contribution in [0.15, 0.2) is 16.5 Å². The van der Waals surface area contributed by atoms with Crippen molar-refractivity contribution in [1.29, 1.82) is 0 Å². The van der Waals surface area contributed by atoms with Crippen molar-refractivity contribution in [1.82, 2.24) is 4.90 Å². The summed E-state index contributed by atoms with van der Waals surface area (Å²) < 4.78 is 5.66. The zero-order valence-corrected chi connectivity index (χ0v) is 13.5. The van der Waals surface area contributed by atoms with Crippen molar-refractivity contribution in [3.05, 3.63) is 34.6 Å². The Kier molecular flexibility index (Phi) is 3.96. The number of fused-ring (bicyclic) bond motifs is 1. The molecule has 0 bridgehead atoms. The molecular weight excluding hydrogens is 278 g/mol. The van der Waals surface area contributed by atoms with Gasteiger partial charge < -0.3 is 9.52 Å². The lowest BCUT2D eigenvalue weighted by atomic mass is 9.96. The third kappa shape index (κ3) is 2.63. The zero-order valence-electron chi connectivity index (χ0n) is 13.5. The van der Waals surface area contributed by atoms with Gasteiger partial charge in [-0.1, -0.05) is 19.9 Å². The number of carboxylic acids is 1.